The number of carbonyl (C=O) groups excluding carboxylic acids is 1. The van der Waals surface area contributed by atoms with Crippen LogP contribution in [0.4, 0.5) is 5.69 Å². The topological polar surface area (TPSA) is 29.5 Å². The van der Waals surface area contributed by atoms with Crippen molar-refractivity contribution >= 4 is 11.6 Å². The van der Waals surface area contributed by atoms with Gasteiger partial charge in [0.15, 0.2) is 0 Å². The van der Waals surface area contributed by atoms with E-state index in [-0.39, 0.29) is 17.4 Å². The standard InChI is InChI=1S/C18H25NO2/c1-6-7-13-8-11-17(20)19(13)16-10-9-14(21-5)12-15(16)18(2,3)4/h6,9-10,12-13H,1,7-8,11H2,2-5H3/t13-/m1/s1. The average molecular weight is 287 g/mol. The minimum absolute atomic E-state index is 0.0501. The molecule has 1 saturated heterocycles. The molecule has 3 heteroatoms. The number of methoxy groups -OCH3 is 1. The molecular formula is C18H25NO2. The lowest BCUT2D eigenvalue weighted by Crippen LogP contribution is -2.34. The molecule has 1 aromatic carbocycles. The Morgan fingerprint density at radius 2 is 2.14 bits per heavy atom. The van der Waals surface area contributed by atoms with E-state index in [0.29, 0.717) is 6.42 Å². The number of nitrogens with zero attached hydrogens (tertiary/aromatic N) is 1. The summed E-state index contributed by atoms with van der Waals surface area (Å²) in [6.45, 7) is 10.3. The SMILES string of the molecule is C=CC[C@@H]1CCC(=O)N1c1ccc(OC)cc1C(C)(C)C. The minimum Gasteiger partial charge on any atom is -0.497 e. The highest BCUT2D eigenvalue weighted by Gasteiger charge is 2.34. The number of rotatable bonds is 4. The molecule has 1 heterocycles. The van der Waals surface area contributed by atoms with Gasteiger partial charge in [0.1, 0.15) is 5.75 Å². The molecule has 0 bridgehead atoms. The first-order valence-electron chi connectivity index (χ1n) is 7.50. The molecule has 1 atom stereocenters. The number of benzene rings is 1. The minimum atomic E-state index is -0.0501. The molecule has 1 aliphatic rings. The van der Waals surface area contributed by atoms with Gasteiger partial charge < -0.3 is 9.64 Å². The van der Waals surface area contributed by atoms with Gasteiger partial charge in [-0.3, -0.25) is 4.79 Å². The van der Waals surface area contributed by atoms with Crippen LogP contribution >= 0.6 is 0 Å². The Bertz CT molecular complexity index is 543. The molecule has 1 fully saturated rings. The maximum atomic E-state index is 12.4. The largest absolute Gasteiger partial charge is 0.497 e. The fourth-order valence-electron chi connectivity index (χ4n) is 2.94. The Kier molecular flexibility index (Phi) is 4.40. The van der Waals surface area contributed by atoms with Crippen LogP contribution < -0.4 is 9.64 Å². The molecule has 0 N–H and O–H groups in total. The van der Waals surface area contributed by atoms with Crippen LogP contribution in [0.15, 0.2) is 30.9 Å². The summed E-state index contributed by atoms with van der Waals surface area (Å²) in [7, 11) is 1.67. The molecule has 0 aromatic heterocycles. The van der Waals surface area contributed by atoms with Gasteiger partial charge in [-0.15, -0.1) is 6.58 Å². The molecule has 0 unspecified atom stereocenters. The lowest BCUT2D eigenvalue weighted by molar-refractivity contribution is -0.117. The van der Waals surface area contributed by atoms with Crippen molar-refractivity contribution in [1.29, 1.82) is 0 Å². The van der Waals surface area contributed by atoms with Crippen molar-refractivity contribution in [3.05, 3.63) is 36.4 Å². The summed E-state index contributed by atoms with van der Waals surface area (Å²) in [5.41, 5.74) is 2.11. The quantitative estimate of drug-likeness (QED) is 0.781. The van der Waals surface area contributed by atoms with E-state index in [0.717, 1.165) is 29.8 Å². The van der Waals surface area contributed by atoms with E-state index in [1.165, 1.54) is 0 Å². The molecule has 1 amide bonds. The maximum Gasteiger partial charge on any atom is 0.227 e. The summed E-state index contributed by atoms with van der Waals surface area (Å²) in [5.74, 6) is 1.04. The van der Waals surface area contributed by atoms with Crippen LogP contribution in [0, 0.1) is 0 Å². The van der Waals surface area contributed by atoms with Crippen molar-refractivity contribution < 1.29 is 9.53 Å². The Morgan fingerprint density at radius 1 is 1.43 bits per heavy atom. The van der Waals surface area contributed by atoms with Gasteiger partial charge in [0.05, 0.1) is 7.11 Å². The smallest absolute Gasteiger partial charge is 0.227 e. The predicted molar refractivity (Wildman–Crippen MR) is 87.0 cm³/mol. The highest BCUT2D eigenvalue weighted by atomic mass is 16.5. The number of anilines is 1. The second kappa shape index (κ2) is 5.92. The van der Waals surface area contributed by atoms with Gasteiger partial charge in [0, 0.05) is 18.2 Å². The number of amides is 1. The molecule has 0 spiro atoms. The molecule has 114 valence electrons. The number of hydrogen-bond donors (Lipinski definition) is 0. The van der Waals surface area contributed by atoms with E-state index in [4.69, 9.17) is 4.74 Å². The monoisotopic (exact) mass is 287 g/mol. The summed E-state index contributed by atoms with van der Waals surface area (Å²) in [6.07, 6.45) is 4.26. The van der Waals surface area contributed by atoms with Crippen LogP contribution in [0.5, 0.6) is 5.75 Å². The number of ether oxygens (including phenoxy) is 1. The van der Waals surface area contributed by atoms with Crippen LogP contribution in [0.25, 0.3) is 0 Å². The number of carbonyl (C=O) groups is 1. The van der Waals surface area contributed by atoms with E-state index >= 15 is 0 Å². The third-order valence-corrected chi connectivity index (χ3v) is 4.04. The van der Waals surface area contributed by atoms with Gasteiger partial charge in [0.25, 0.3) is 0 Å². The van der Waals surface area contributed by atoms with Gasteiger partial charge in [-0.1, -0.05) is 26.8 Å². The van der Waals surface area contributed by atoms with Crippen LogP contribution in [-0.4, -0.2) is 19.1 Å². The van der Waals surface area contributed by atoms with Crippen molar-refractivity contribution in [1.82, 2.24) is 0 Å². The summed E-state index contributed by atoms with van der Waals surface area (Å²) in [4.78, 5) is 14.3. The normalized spacial score (nSPS) is 19.0. The molecule has 2 rings (SSSR count). The molecule has 1 aromatic rings. The molecule has 1 aliphatic heterocycles. The predicted octanol–water partition coefficient (Wildman–Crippen LogP) is 4.06. The second-order valence-corrected chi connectivity index (χ2v) is 6.61. The third kappa shape index (κ3) is 3.12. The fraction of sp³-hybridized carbons (Fsp3) is 0.500. The van der Waals surface area contributed by atoms with Crippen molar-refractivity contribution in [3.63, 3.8) is 0 Å². The van der Waals surface area contributed by atoms with E-state index in [1.54, 1.807) is 7.11 Å². The first-order valence-corrected chi connectivity index (χ1v) is 7.50. The van der Waals surface area contributed by atoms with E-state index < -0.39 is 0 Å². The molecule has 0 aliphatic carbocycles. The molecular weight excluding hydrogens is 262 g/mol. The lowest BCUT2D eigenvalue weighted by atomic mass is 9.85. The van der Waals surface area contributed by atoms with E-state index in [2.05, 4.69) is 27.4 Å². The Balaban J connectivity index is 2.51. The maximum absolute atomic E-state index is 12.4. The second-order valence-electron chi connectivity index (χ2n) is 6.61. The molecule has 0 saturated carbocycles. The summed E-state index contributed by atoms with van der Waals surface area (Å²) in [6, 6.07) is 6.22. The Hall–Kier alpha value is -1.77. The van der Waals surface area contributed by atoms with Crippen molar-refractivity contribution in [2.75, 3.05) is 12.0 Å². The fourth-order valence-corrected chi connectivity index (χ4v) is 2.94. The van der Waals surface area contributed by atoms with Gasteiger partial charge in [0.2, 0.25) is 5.91 Å². The summed E-state index contributed by atoms with van der Waals surface area (Å²) < 4.78 is 5.35. The van der Waals surface area contributed by atoms with Crippen LogP contribution in [-0.2, 0) is 10.2 Å². The number of hydrogen-bond acceptors (Lipinski definition) is 2. The first-order chi connectivity index (χ1) is 9.88. The van der Waals surface area contributed by atoms with Gasteiger partial charge in [-0.25, -0.2) is 0 Å². The highest BCUT2D eigenvalue weighted by Crippen LogP contribution is 2.38. The van der Waals surface area contributed by atoms with Crippen LogP contribution in [0.1, 0.15) is 45.6 Å². The average Bonchev–Trinajstić information content (AvgIpc) is 2.78. The van der Waals surface area contributed by atoms with Gasteiger partial charge in [-0.05, 0) is 42.0 Å². The van der Waals surface area contributed by atoms with Crippen molar-refractivity contribution in [2.24, 2.45) is 0 Å². The van der Waals surface area contributed by atoms with Gasteiger partial charge in [-0.2, -0.15) is 0 Å². The first kappa shape index (κ1) is 15.6. The Morgan fingerprint density at radius 3 is 2.71 bits per heavy atom. The zero-order valence-electron chi connectivity index (χ0n) is 13.5. The van der Waals surface area contributed by atoms with Crippen molar-refractivity contribution in [3.8, 4) is 5.75 Å². The van der Waals surface area contributed by atoms with Crippen LogP contribution in [0.2, 0.25) is 0 Å². The van der Waals surface area contributed by atoms with Gasteiger partial charge >= 0.3 is 0 Å². The molecule has 21 heavy (non-hydrogen) atoms. The third-order valence-electron chi connectivity index (χ3n) is 4.04. The zero-order chi connectivity index (χ0) is 15.6. The highest BCUT2D eigenvalue weighted by molar-refractivity contribution is 5.97. The van der Waals surface area contributed by atoms with E-state index in [1.807, 2.05) is 29.2 Å². The summed E-state index contributed by atoms with van der Waals surface area (Å²) in [5, 5.41) is 0. The van der Waals surface area contributed by atoms with Crippen molar-refractivity contribution in [2.45, 2.75) is 51.5 Å². The molecule has 0 radical (unpaired) electrons. The lowest BCUT2D eigenvalue weighted by Gasteiger charge is -2.31. The van der Waals surface area contributed by atoms with Crippen LogP contribution in [0.3, 0.4) is 0 Å². The summed E-state index contributed by atoms with van der Waals surface area (Å²) >= 11 is 0. The Labute approximate surface area is 127 Å². The molecule has 3 nitrogen and oxygen atoms in total. The zero-order valence-corrected chi connectivity index (χ0v) is 13.5. The van der Waals surface area contributed by atoms with E-state index in [9.17, 15) is 4.79 Å².